The monoisotopic (exact) mass is 406 g/mol. The lowest BCUT2D eigenvalue weighted by molar-refractivity contribution is 0.368. The van der Waals surface area contributed by atoms with Crippen LogP contribution in [0.3, 0.4) is 0 Å². The van der Waals surface area contributed by atoms with Gasteiger partial charge in [-0.05, 0) is 5.92 Å². The van der Waals surface area contributed by atoms with Crippen molar-refractivity contribution in [3.63, 3.8) is 0 Å². The second kappa shape index (κ2) is 22.7. The van der Waals surface area contributed by atoms with E-state index in [0.717, 1.165) is 5.92 Å². The maximum atomic E-state index is 2.31. The summed E-state index contributed by atoms with van der Waals surface area (Å²) in [4.78, 5) is 0. The van der Waals surface area contributed by atoms with Gasteiger partial charge in [0, 0.05) is 0 Å². The Morgan fingerprint density at radius 1 is 0.379 bits per heavy atom. The largest absolute Gasteiger partial charge is 0.0654 e. The van der Waals surface area contributed by atoms with Gasteiger partial charge in [0.15, 0.2) is 0 Å². The van der Waals surface area contributed by atoms with E-state index in [1.165, 1.54) is 161 Å². The first-order valence-electron chi connectivity index (χ1n) is 14.4. The molecule has 174 valence electrons. The second-order valence-electron chi connectivity index (χ2n) is 10.4. The van der Waals surface area contributed by atoms with Gasteiger partial charge in [-0.25, -0.2) is 0 Å². The van der Waals surface area contributed by atoms with E-state index in [-0.39, 0.29) is 0 Å². The van der Waals surface area contributed by atoms with Crippen LogP contribution in [0.4, 0.5) is 0 Å². The van der Waals surface area contributed by atoms with Gasteiger partial charge in [-0.15, -0.1) is 0 Å². The minimum absolute atomic E-state index is 1.06. The average Bonchev–Trinajstić information content (AvgIpc) is 2.76. The lowest BCUT2D eigenvalue weighted by Gasteiger charge is -2.17. The quantitative estimate of drug-likeness (QED) is 0.237. The van der Waals surface area contributed by atoms with Crippen LogP contribution >= 0.6 is 0 Å². The molecule has 0 aromatic rings. The highest BCUT2D eigenvalue weighted by Crippen LogP contribution is 2.25. The molecule has 0 unspecified atom stereocenters. The van der Waals surface area contributed by atoms with E-state index in [4.69, 9.17) is 0 Å². The molecule has 1 aliphatic rings. The fourth-order valence-corrected chi connectivity index (χ4v) is 5.34. The first-order chi connectivity index (χ1) is 14.4. The van der Waals surface area contributed by atoms with Crippen molar-refractivity contribution in [2.75, 3.05) is 0 Å². The number of hydrogen-bond donors (Lipinski definition) is 0. The van der Waals surface area contributed by atoms with Crippen LogP contribution in [0.2, 0.25) is 0 Å². The molecule has 0 heterocycles. The van der Waals surface area contributed by atoms with E-state index in [1.54, 1.807) is 12.8 Å². The molecule has 1 rings (SSSR count). The fraction of sp³-hybridized carbons (Fsp3) is 1.00. The maximum Gasteiger partial charge on any atom is -0.0414 e. The number of hydrogen-bond acceptors (Lipinski definition) is 0. The first-order valence-corrected chi connectivity index (χ1v) is 14.4. The summed E-state index contributed by atoms with van der Waals surface area (Å²) in [6.07, 6.45) is 40.5. The second-order valence-corrected chi connectivity index (χ2v) is 10.4. The molecule has 29 heavy (non-hydrogen) atoms. The van der Waals surface area contributed by atoms with Gasteiger partial charge in [0.2, 0.25) is 0 Å². The van der Waals surface area contributed by atoms with E-state index >= 15 is 0 Å². The molecule has 0 bridgehead atoms. The predicted octanol–water partition coefficient (Wildman–Crippen LogP) is 11.2. The van der Waals surface area contributed by atoms with Crippen molar-refractivity contribution in [2.24, 2.45) is 5.92 Å². The molecule has 1 saturated carbocycles. The highest BCUT2D eigenvalue weighted by atomic mass is 14.1. The van der Waals surface area contributed by atoms with Gasteiger partial charge < -0.3 is 0 Å². The summed E-state index contributed by atoms with van der Waals surface area (Å²) >= 11 is 0. The predicted molar refractivity (Wildman–Crippen MR) is 134 cm³/mol. The molecular formula is C29H58. The van der Waals surface area contributed by atoms with Gasteiger partial charge in [0.1, 0.15) is 0 Å². The Morgan fingerprint density at radius 3 is 1.07 bits per heavy atom. The molecule has 1 fully saturated rings. The van der Waals surface area contributed by atoms with Crippen molar-refractivity contribution in [1.82, 2.24) is 0 Å². The van der Waals surface area contributed by atoms with E-state index < -0.39 is 0 Å². The molecule has 0 amide bonds. The molecular weight excluding hydrogens is 348 g/mol. The smallest absolute Gasteiger partial charge is 0.0414 e. The molecule has 1 aliphatic carbocycles. The van der Waals surface area contributed by atoms with Gasteiger partial charge >= 0.3 is 0 Å². The minimum Gasteiger partial charge on any atom is -0.0654 e. The molecule has 0 heteroatoms. The summed E-state index contributed by atoms with van der Waals surface area (Å²) in [5.41, 5.74) is 0. The highest BCUT2D eigenvalue weighted by molar-refractivity contribution is 4.63. The van der Waals surface area contributed by atoms with Crippen LogP contribution in [-0.2, 0) is 0 Å². The SMILES string of the molecule is CCCCCCCCCCCCCCCCC1CCCCCCCCCCCC1. The van der Waals surface area contributed by atoms with Crippen molar-refractivity contribution in [2.45, 2.75) is 180 Å². The van der Waals surface area contributed by atoms with Crippen LogP contribution in [-0.4, -0.2) is 0 Å². The third kappa shape index (κ3) is 19.7. The molecule has 0 aliphatic heterocycles. The third-order valence-electron chi connectivity index (χ3n) is 7.44. The van der Waals surface area contributed by atoms with Crippen molar-refractivity contribution >= 4 is 0 Å². The maximum absolute atomic E-state index is 2.31. The van der Waals surface area contributed by atoms with Crippen molar-refractivity contribution in [3.8, 4) is 0 Å². The Balaban J connectivity index is 1.90. The molecule has 0 saturated heterocycles. The zero-order chi connectivity index (χ0) is 20.7. The number of unbranched alkanes of at least 4 members (excludes halogenated alkanes) is 13. The lowest BCUT2D eigenvalue weighted by Crippen LogP contribution is -2.01. The summed E-state index contributed by atoms with van der Waals surface area (Å²) in [6, 6.07) is 0. The normalized spacial score (nSPS) is 18.1. The average molecular weight is 407 g/mol. The van der Waals surface area contributed by atoms with E-state index in [0.29, 0.717) is 0 Å². The third-order valence-corrected chi connectivity index (χ3v) is 7.44. The van der Waals surface area contributed by atoms with Gasteiger partial charge in [-0.2, -0.15) is 0 Å². The molecule has 0 radical (unpaired) electrons. The Hall–Kier alpha value is 0. The molecule has 0 spiro atoms. The molecule has 0 aromatic carbocycles. The Bertz CT molecular complexity index is 280. The van der Waals surface area contributed by atoms with Crippen molar-refractivity contribution in [3.05, 3.63) is 0 Å². The Kier molecular flexibility index (Phi) is 21.1. The van der Waals surface area contributed by atoms with E-state index in [9.17, 15) is 0 Å². The van der Waals surface area contributed by atoms with Crippen LogP contribution in [0.15, 0.2) is 0 Å². The van der Waals surface area contributed by atoms with Crippen molar-refractivity contribution in [1.29, 1.82) is 0 Å². The first kappa shape index (κ1) is 27.0. The molecule has 0 aromatic heterocycles. The zero-order valence-electron chi connectivity index (χ0n) is 20.7. The Labute approximate surface area is 186 Å². The number of rotatable bonds is 15. The lowest BCUT2D eigenvalue weighted by atomic mass is 9.89. The highest BCUT2D eigenvalue weighted by Gasteiger charge is 2.09. The van der Waals surface area contributed by atoms with Crippen molar-refractivity contribution < 1.29 is 0 Å². The molecule has 0 N–H and O–H groups in total. The van der Waals surface area contributed by atoms with Gasteiger partial charge in [0.25, 0.3) is 0 Å². The van der Waals surface area contributed by atoms with Crippen LogP contribution in [0, 0.1) is 5.92 Å². The summed E-state index contributed by atoms with van der Waals surface area (Å²) in [5, 5.41) is 0. The topological polar surface area (TPSA) is 0 Å². The van der Waals surface area contributed by atoms with Crippen LogP contribution in [0.25, 0.3) is 0 Å². The van der Waals surface area contributed by atoms with Crippen LogP contribution in [0.1, 0.15) is 180 Å². The van der Waals surface area contributed by atoms with Gasteiger partial charge in [-0.3, -0.25) is 0 Å². The summed E-state index contributed by atoms with van der Waals surface area (Å²) in [5.74, 6) is 1.06. The minimum atomic E-state index is 1.06. The van der Waals surface area contributed by atoms with Crippen LogP contribution in [0.5, 0.6) is 0 Å². The summed E-state index contributed by atoms with van der Waals surface area (Å²) < 4.78 is 0. The van der Waals surface area contributed by atoms with Crippen LogP contribution < -0.4 is 0 Å². The summed E-state index contributed by atoms with van der Waals surface area (Å²) in [6.45, 7) is 2.31. The van der Waals surface area contributed by atoms with E-state index in [2.05, 4.69) is 6.92 Å². The standard InChI is InChI=1S/C29H58/c1-2-3-4-5-6-7-8-9-10-11-14-17-20-23-26-29-27-24-21-18-15-12-13-16-19-22-25-28-29/h29H,2-28H2,1H3. The zero-order valence-corrected chi connectivity index (χ0v) is 20.7. The molecule has 0 atom stereocenters. The molecule has 0 nitrogen and oxygen atoms in total. The fourth-order valence-electron chi connectivity index (χ4n) is 5.34. The van der Waals surface area contributed by atoms with E-state index in [1.807, 2.05) is 0 Å². The summed E-state index contributed by atoms with van der Waals surface area (Å²) in [7, 11) is 0. The Morgan fingerprint density at radius 2 is 0.690 bits per heavy atom. The van der Waals surface area contributed by atoms with Gasteiger partial charge in [-0.1, -0.05) is 180 Å². The van der Waals surface area contributed by atoms with Gasteiger partial charge in [0.05, 0.1) is 0 Å².